The van der Waals surface area contributed by atoms with Gasteiger partial charge >= 0.3 is 5.97 Å². The van der Waals surface area contributed by atoms with E-state index in [2.05, 4.69) is 35.3 Å². The first kappa shape index (κ1) is 19.2. The number of carboxylic acids is 1. The van der Waals surface area contributed by atoms with Gasteiger partial charge in [-0.3, -0.25) is 4.79 Å². The molecule has 0 amide bonds. The lowest BCUT2D eigenvalue weighted by molar-refractivity contribution is -0.137. The van der Waals surface area contributed by atoms with Crippen LogP contribution in [0, 0.1) is 0 Å². The summed E-state index contributed by atoms with van der Waals surface area (Å²) in [7, 11) is 0. The molecule has 1 aliphatic rings. The first-order chi connectivity index (χ1) is 14.2. The molecule has 0 bridgehead atoms. The van der Waals surface area contributed by atoms with Crippen molar-refractivity contribution in [1.29, 1.82) is 0 Å². The number of hydrogen-bond donors (Lipinski definition) is 1. The molecule has 0 saturated heterocycles. The summed E-state index contributed by atoms with van der Waals surface area (Å²) in [5.74, 6) is 0.113. The summed E-state index contributed by atoms with van der Waals surface area (Å²) < 4.78 is 6.05. The van der Waals surface area contributed by atoms with Gasteiger partial charge in [0.2, 0.25) is 0 Å². The van der Waals surface area contributed by atoms with E-state index in [1.54, 1.807) is 0 Å². The van der Waals surface area contributed by atoms with Crippen LogP contribution in [0.25, 0.3) is 16.5 Å². The van der Waals surface area contributed by atoms with Gasteiger partial charge < -0.3 is 9.84 Å². The van der Waals surface area contributed by atoms with Gasteiger partial charge in [-0.25, -0.2) is 4.98 Å². The number of unbranched alkanes of at least 4 members (excludes halogenated alkanes) is 1. The highest BCUT2D eigenvalue weighted by Crippen LogP contribution is 2.34. The number of aromatic nitrogens is 1. The van der Waals surface area contributed by atoms with Gasteiger partial charge in [-0.15, -0.1) is 0 Å². The molecule has 0 atom stereocenters. The zero-order valence-corrected chi connectivity index (χ0v) is 16.4. The van der Waals surface area contributed by atoms with E-state index in [0.717, 1.165) is 48.0 Å². The molecule has 1 heterocycles. The van der Waals surface area contributed by atoms with E-state index in [1.807, 2.05) is 30.3 Å². The molecule has 0 unspecified atom stereocenters. The first-order valence-electron chi connectivity index (χ1n) is 10.2. The maximum atomic E-state index is 10.7. The highest BCUT2D eigenvalue weighted by Gasteiger charge is 2.15. The molecule has 3 aromatic rings. The Morgan fingerprint density at radius 1 is 1.10 bits per heavy atom. The number of benzene rings is 2. The number of pyridine rings is 1. The molecule has 0 aliphatic heterocycles. The van der Waals surface area contributed by atoms with Crippen LogP contribution in [-0.4, -0.2) is 16.1 Å². The van der Waals surface area contributed by atoms with Crippen molar-refractivity contribution < 1.29 is 14.6 Å². The van der Waals surface area contributed by atoms with Crippen molar-refractivity contribution >= 4 is 22.4 Å². The van der Waals surface area contributed by atoms with Gasteiger partial charge in [-0.2, -0.15) is 0 Å². The summed E-state index contributed by atoms with van der Waals surface area (Å²) in [6, 6.07) is 18.5. The number of fused-ring (bicyclic) bond motifs is 2. The number of para-hydroxylation sites is 1. The molecule has 4 rings (SSSR count). The molecule has 0 radical (unpaired) electrons. The number of rotatable bonds is 7. The Kier molecular flexibility index (Phi) is 5.89. The van der Waals surface area contributed by atoms with Crippen molar-refractivity contribution in [1.82, 2.24) is 4.98 Å². The Balaban J connectivity index is 1.46. The zero-order valence-electron chi connectivity index (χ0n) is 16.4. The molecule has 1 N–H and O–H groups in total. The summed E-state index contributed by atoms with van der Waals surface area (Å²) >= 11 is 0. The lowest BCUT2D eigenvalue weighted by Crippen LogP contribution is -2.04. The van der Waals surface area contributed by atoms with E-state index in [1.165, 1.54) is 16.7 Å². The van der Waals surface area contributed by atoms with Crippen molar-refractivity contribution in [2.45, 2.75) is 45.1 Å². The standard InChI is InChI=1S/C25H25NO3/c27-25(28)11-4-2-6-18-8-5-9-19-13-15-22(16-23(18)19)29-17-21-14-12-20-7-1-3-10-24(20)26-21/h1,3,6-7,10,12-16H,2,4-5,8-9,11,17H2,(H,27,28)/b18-6+. The Bertz CT molecular complexity index is 1050. The van der Waals surface area contributed by atoms with Crippen LogP contribution in [0.4, 0.5) is 0 Å². The average molecular weight is 387 g/mol. The number of aryl methyl sites for hydroxylation is 1. The number of nitrogens with zero attached hydrogens (tertiary/aromatic N) is 1. The molecule has 148 valence electrons. The second kappa shape index (κ2) is 8.91. The van der Waals surface area contributed by atoms with Crippen LogP contribution in [-0.2, 0) is 17.8 Å². The molecule has 4 heteroatoms. The van der Waals surface area contributed by atoms with Crippen LogP contribution >= 0.6 is 0 Å². The fourth-order valence-corrected chi connectivity index (χ4v) is 3.85. The molecular formula is C25H25NO3. The number of carboxylic acid groups (broad SMARTS) is 1. The van der Waals surface area contributed by atoms with Crippen LogP contribution in [0.2, 0.25) is 0 Å². The lowest BCUT2D eigenvalue weighted by Gasteiger charge is -2.20. The van der Waals surface area contributed by atoms with E-state index in [-0.39, 0.29) is 6.42 Å². The SMILES string of the molecule is O=C(O)CCC/C=C1\CCCc2ccc(OCc3ccc4ccccc4n3)cc21. The summed E-state index contributed by atoms with van der Waals surface area (Å²) in [6.07, 6.45) is 7.16. The van der Waals surface area contributed by atoms with Crippen LogP contribution < -0.4 is 4.74 Å². The zero-order chi connectivity index (χ0) is 20.1. The van der Waals surface area contributed by atoms with Crippen LogP contribution in [0.3, 0.4) is 0 Å². The predicted octanol–water partition coefficient (Wildman–Crippen LogP) is 5.79. The summed E-state index contributed by atoms with van der Waals surface area (Å²) in [4.78, 5) is 15.4. The largest absolute Gasteiger partial charge is 0.487 e. The van der Waals surface area contributed by atoms with Crippen LogP contribution in [0.15, 0.2) is 60.7 Å². The van der Waals surface area contributed by atoms with Crippen LogP contribution in [0.5, 0.6) is 5.75 Å². The third-order valence-corrected chi connectivity index (χ3v) is 5.35. The van der Waals surface area contributed by atoms with E-state index in [9.17, 15) is 4.79 Å². The topological polar surface area (TPSA) is 59.4 Å². The Morgan fingerprint density at radius 3 is 2.90 bits per heavy atom. The molecule has 29 heavy (non-hydrogen) atoms. The van der Waals surface area contributed by atoms with Crippen molar-refractivity contribution in [3.63, 3.8) is 0 Å². The van der Waals surface area contributed by atoms with Gasteiger partial charge in [0, 0.05) is 11.8 Å². The quantitative estimate of drug-likeness (QED) is 0.521. The summed E-state index contributed by atoms with van der Waals surface area (Å²) in [6.45, 7) is 0.432. The van der Waals surface area contributed by atoms with Gasteiger partial charge in [0.25, 0.3) is 0 Å². The monoisotopic (exact) mass is 387 g/mol. The molecule has 0 fully saturated rings. The Hall–Kier alpha value is -3.14. The second-order valence-corrected chi connectivity index (χ2v) is 7.47. The van der Waals surface area contributed by atoms with E-state index in [4.69, 9.17) is 9.84 Å². The Labute approximate surface area is 170 Å². The maximum absolute atomic E-state index is 10.7. The minimum atomic E-state index is -0.731. The van der Waals surface area contributed by atoms with E-state index < -0.39 is 5.97 Å². The van der Waals surface area contributed by atoms with Crippen LogP contribution in [0.1, 0.15) is 48.9 Å². The molecule has 0 spiro atoms. The minimum Gasteiger partial charge on any atom is -0.487 e. The summed E-state index contributed by atoms with van der Waals surface area (Å²) in [5.41, 5.74) is 5.79. The van der Waals surface area contributed by atoms with Gasteiger partial charge in [0.15, 0.2) is 0 Å². The van der Waals surface area contributed by atoms with Crippen molar-refractivity contribution in [2.75, 3.05) is 0 Å². The number of carbonyl (C=O) groups is 1. The van der Waals surface area contributed by atoms with Gasteiger partial charge in [0.05, 0.1) is 11.2 Å². The smallest absolute Gasteiger partial charge is 0.303 e. The molecule has 0 saturated carbocycles. The van der Waals surface area contributed by atoms with Gasteiger partial charge in [-0.1, -0.05) is 36.4 Å². The lowest BCUT2D eigenvalue weighted by atomic mass is 9.86. The highest BCUT2D eigenvalue weighted by atomic mass is 16.5. The number of allylic oxidation sites excluding steroid dienone is 2. The first-order valence-corrected chi connectivity index (χ1v) is 10.2. The van der Waals surface area contributed by atoms with Crippen molar-refractivity contribution in [3.05, 3.63) is 77.5 Å². The third kappa shape index (κ3) is 4.83. The molecule has 1 aromatic heterocycles. The van der Waals surface area contributed by atoms with E-state index >= 15 is 0 Å². The highest BCUT2D eigenvalue weighted by molar-refractivity contribution is 5.78. The van der Waals surface area contributed by atoms with E-state index in [0.29, 0.717) is 13.0 Å². The number of hydrogen-bond acceptors (Lipinski definition) is 3. The fraction of sp³-hybridized carbons (Fsp3) is 0.280. The number of aliphatic carboxylic acids is 1. The Morgan fingerprint density at radius 2 is 2.00 bits per heavy atom. The molecule has 1 aliphatic carbocycles. The van der Waals surface area contributed by atoms with Crippen molar-refractivity contribution in [2.24, 2.45) is 0 Å². The summed E-state index contributed by atoms with van der Waals surface area (Å²) in [5, 5.41) is 9.94. The average Bonchev–Trinajstić information content (AvgIpc) is 2.75. The number of ether oxygens (including phenoxy) is 1. The fourth-order valence-electron chi connectivity index (χ4n) is 3.85. The van der Waals surface area contributed by atoms with Crippen molar-refractivity contribution in [3.8, 4) is 5.75 Å². The minimum absolute atomic E-state index is 0.221. The second-order valence-electron chi connectivity index (χ2n) is 7.47. The molecular weight excluding hydrogens is 362 g/mol. The third-order valence-electron chi connectivity index (χ3n) is 5.35. The molecule has 2 aromatic carbocycles. The molecule has 4 nitrogen and oxygen atoms in total. The normalized spacial score (nSPS) is 14.7. The predicted molar refractivity (Wildman–Crippen MR) is 115 cm³/mol. The maximum Gasteiger partial charge on any atom is 0.303 e. The van der Waals surface area contributed by atoms with Gasteiger partial charge in [-0.05, 0) is 73.1 Å². The van der Waals surface area contributed by atoms with Gasteiger partial charge in [0.1, 0.15) is 12.4 Å².